The fraction of sp³-hybridized carbons (Fsp3) is 0.414. The number of carbonyl (C=O) groups is 2. The predicted octanol–water partition coefficient (Wildman–Crippen LogP) is 5.10. The Morgan fingerprint density at radius 1 is 1.08 bits per heavy atom. The van der Waals surface area contributed by atoms with Gasteiger partial charge in [-0.25, -0.2) is 4.98 Å². The Kier molecular flexibility index (Phi) is 6.95. The van der Waals surface area contributed by atoms with Crippen molar-refractivity contribution in [3.05, 3.63) is 80.8 Å². The third kappa shape index (κ3) is 5.27. The number of rotatable bonds is 6. The van der Waals surface area contributed by atoms with Gasteiger partial charge in [-0.15, -0.1) is 11.3 Å². The summed E-state index contributed by atoms with van der Waals surface area (Å²) in [5.41, 5.74) is 5.25. The van der Waals surface area contributed by atoms with Crippen molar-refractivity contribution < 1.29 is 14.3 Å². The highest BCUT2D eigenvalue weighted by Crippen LogP contribution is 2.41. The fourth-order valence-electron chi connectivity index (χ4n) is 5.23. The van der Waals surface area contributed by atoms with E-state index in [-0.39, 0.29) is 23.8 Å². The van der Waals surface area contributed by atoms with Crippen LogP contribution in [-0.2, 0) is 17.8 Å². The monoisotopic (exact) mass is 533 g/mol. The van der Waals surface area contributed by atoms with Gasteiger partial charge in [0, 0.05) is 42.4 Å². The van der Waals surface area contributed by atoms with Gasteiger partial charge in [0.2, 0.25) is 5.91 Å². The maximum Gasteiger partial charge on any atom is 0.273 e. The lowest BCUT2D eigenvalue weighted by atomic mass is 9.87. The number of carbonyl (C=O) groups excluding carboxylic acids is 2. The Bertz CT molecular complexity index is 1310. The zero-order chi connectivity index (χ0) is 25.4. The minimum atomic E-state index is -0.105. The third-order valence-corrected chi connectivity index (χ3v) is 9.11. The van der Waals surface area contributed by atoms with Crippen molar-refractivity contribution in [3.8, 4) is 5.75 Å². The molecule has 2 aliphatic heterocycles. The number of fused-ring (bicyclic) bond motifs is 1. The van der Waals surface area contributed by atoms with E-state index in [2.05, 4.69) is 53.2 Å². The lowest BCUT2D eigenvalue weighted by Crippen LogP contribution is -2.41. The number of thiazole rings is 1. The molecule has 3 aromatic rings. The average molecular weight is 534 g/mol. The third-order valence-electron chi connectivity index (χ3n) is 7.34. The summed E-state index contributed by atoms with van der Waals surface area (Å²) in [4.78, 5) is 34.6. The quantitative estimate of drug-likeness (QED) is 0.441. The van der Waals surface area contributed by atoms with Gasteiger partial charge in [-0.3, -0.25) is 9.59 Å². The molecule has 0 spiro atoms. The Morgan fingerprint density at radius 3 is 2.70 bits per heavy atom. The van der Waals surface area contributed by atoms with Crippen LogP contribution in [0.1, 0.15) is 56.6 Å². The Balaban J connectivity index is 1.22. The second-order valence-corrected chi connectivity index (χ2v) is 12.2. The van der Waals surface area contributed by atoms with Gasteiger partial charge in [-0.05, 0) is 55.0 Å². The smallest absolute Gasteiger partial charge is 0.273 e. The Labute approximate surface area is 226 Å². The van der Waals surface area contributed by atoms with Gasteiger partial charge in [0.05, 0.1) is 6.04 Å². The van der Waals surface area contributed by atoms with Crippen LogP contribution in [0.25, 0.3) is 0 Å². The van der Waals surface area contributed by atoms with Crippen LogP contribution in [0.4, 0.5) is 0 Å². The molecule has 6 nitrogen and oxygen atoms in total. The standard InChI is InChI=1S/C29H31N3O3S2/c1-19-3-2-4-22(15-19)27-24-16-23(8-7-20(24)9-10-32(27)28(33)21-5-6-21)35-17-26-30-25(18-37-26)29(34)31-11-13-36-14-12-31/h2-4,7-8,15-16,18,21,27H,5-6,9-14,17H2,1H3/t27-/m1/s1. The molecule has 2 fully saturated rings. The molecule has 1 aliphatic carbocycles. The summed E-state index contributed by atoms with van der Waals surface area (Å²) in [6.07, 6.45) is 2.85. The molecular weight excluding hydrogens is 502 g/mol. The molecule has 3 heterocycles. The van der Waals surface area contributed by atoms with Crippen LogP contribution >= 0.6 is 23.1 Å². The van der Waals surface area contributed by atoms with E-state index in [9.17, 15) is 9.59 Å². The summed E-state index contributed by atoms with van der Waals surface area (Å²) in [5, 5.41) is 2.62. The van der Waals surface area contributed by atoms with E-state index in [0.29, 0.717) is 12.3 Å². The SMILES string of the molecule is Cc1cccc([C@@H]2c3cc(OCc4nc(C(=O)N5CCSCC5)cs4)ccc3CCN2C(=O)C2CC2)c1. The van der Waals surface area contributed by atoms with Crippen molar-refractivity contribution in [2.45, 2.75) is 38.8 Å². The highest BCUT2D eigenvalue weighted by atomic mass is 32.2. The lowest BCUT2D eigenvalue weighted by Gasteiger charge is -2.38. The van der Waals surface area contributed by atoms with Crippen LogP contribution in [0.15, 0.2) is 47.8 Å². The summed E-state index contributed by atoms with van der Waals surface area (Å²) in [5.74, 6) is 3.19. The van der Waals surface area contributed by atoms with Gasteiger partial charge >= 0.3 is 0 Å². The van der Waals surface area contributed by atoms with Gasteiger partial charge in [0.1, 0.15) is 23.1 Å². The second-order valence-electron chi connectivity index (χ2n) is 10.1. The van der Waals surface area contributed by atoms with Crippen molar-refractivity contribution in [3.63, 3.8) is 0 Å². The molecule has 2 amide bonds. The number of amides is 2. The average Bonchev–Trinajstić information content (AvgIpc) is 3.68. The first-order valence-electron chi connectivity index (χ1n) is 13.0. The van der Waals surface area contributed by atoms with Gasteiger partial charge in [0.15, 0.2) is 0 Å². The summed E-state index contributed by atoms with van der Waals surface area (Å²) in [6, 6.07) is 14.6. The van der Waals surface area contributed by atoms with E-state index in [4.69, 9.17) is 4.74 Å². The fourth-order valence-corrected chi connectivity index (χ4v) is 6.82. The number of aryl methyl sites for hydroxylation is 1. The Hall–Kier alpha value is -2.84. The normalized spacial score (nSPS) is 19.4. The molecule has 1 aromatic heterocycles. The highest BCUT2D eigenvalue weighted by molar-refractivity contribution is 7.99. The minimum absolute atomic E-state index is 0.0120. The second kappa shape index (κ2) is 10.5. The largest absolute Gasteiger partial charge is 0.486 e. The number of hydrogen-bond acceptors (Lipinski definition) is 6. The number of hydrogen-bond donors (Lipinski definition) is 0. The van der Waals surface area contributed by atoms with E-state index in [0.717, 1.165) is 72.3 Å². The molecule has 1 saturated carbocycles. The number of nitrogens with zero attached hydrogens (tertiary/aromatic N) is 3. The van der Waals surface area contributed by atoms with Crippen molar-refractivity contribution >= 4 is 34.9 Å². The molecule has 0 unspecified atom stereocenters. The van der Waals surface area contributed by atoms with Gasteiger partial charge in [-0.2, -0.15) is 11.8 Å². The molecule has 6 rings (SSSR count). The van der Waals surface area contributed by atoms with Crippen LogP contribution in [0.3, 0.4) is 0 Å². The lowest BCUT2D eigenvalue weighted by molar-refractivity contribution is -0.134. The zero-order valence-electron chi connectivity index (χ0n) is 21.0. The van der Waals surface area contributed by atoms with Crippen molar-refractivity contribution in [1.29, 1.82) is 0 Å². The van der Waals surface area contributed by atoms with Gasteiger partial charge in [-0.1, -0.05) is 35.9 Å². The molecular formula is C29H31N3O3S2. The summed E-state index contributed by atoms with van der Waals surface area (Å²) in [6.45, 7) is 4.71. The summed E-state index contributed by atoms with van der Waals surface area (Å²) < 4.78 is 6.18. The highest BCUT2D eigenvalue weighted by Gasteiger charge is 2.39. The minimum Gasteiger partial charge on any atom is -0.486 e. The van der Waals surface area contributed by atoms with Crippen LogP contribution in [0, 0.1) is 12.8 Å². The van der Waals surface area contributed by atoms with E-state index in [1.807, 2.05) is 28.1 Å². The number of ether oxygens (including phenoxy) is 1. The molecule has 8 heteroatoms. The summed E-state index contributed by atoms with van der Waals surface area (Å²) in [7, 11) is 0. The summed E-state index contributed by atoms with van der Waals surface area (Å²) >= 11 is 3.35. The topological polar surface area (TPSA) is 62.7 Å². The zero-order valence-corrected chi connectivity index (χ0v) is 22.7. The maximum atomic E-state index is 13.3. The molecule has 2 aromatic carbocycles. The number of benzene rings is 2. The first-order chi connectivity index (χ1) is 18.1. The molecule has 3 aliphatic rings. The predicted molar refractivity (Wildman–Crippen MR) is 147 cm³/mol. The molecule has 37 heavy (non-hydrogen) atoms. The Morgan fingerprint density at radius 2 is 1.92 bits per heavy atom. The maximum absolute atomic E-state index is 13.3. The van der Waals surface area contributed by atoms with Crippen molar-refractivity contribution in [1.82, 2.24) is 14.8 Å². The molecule has 0 N–H and O–H groups in total. The first-order valence-corrected chi connectivity index (χ1v) is 15.0. The van der Waals surface area contributed by atoms with Crippen LogP contribution in [0.2, 0.25) is 0 Å². The van der Waals surface area contributed by atoms with E-state index >= 15 is 0 Å². The van der Waals surface area contributed by atoms with Crippen molar-refractivity contribution in [2.75, 3.05) is 31.1 Å². The van der Waals surface area contributed by atoms with E-state index in [1.165, 1.54) is 22.5 Å². The molecule has 1 saturated heterocycles. The van der Waals surface area contributed by atoms with Crippen LogP contribution in [-0.4, -0.2) is 57.7 Å². The van der Waals surface area contributed by atoms with Gasteiger partial charge in [0.25, 0.3) is 5.91 Å². The molecule has 192 valence electrons. The molecule has 0 radical (unpaired) electrons. The van der Waals surface area contributed by atoms with Gasteiger partial charge < -0.3 is 14.5 Å². The van der Waals surface area contributed by atoms with Crippen LogP contribution in [0.5, 0.6) is 5.75 Å². The molecule has 1 atom stereocenters. The molecule has 0 bridgehead atoms. The van der Waals surface area contributed by atoms with Crippen molar-refractivity contribution in [2.24, 2.45) is 5.92 Å². The van der Waals surface area contributed by atoms with E-state index < -0.39 is 0 Å². The van der Waals surface area contributed by atoms with Crippen LogP contribution < -0.4 is 4.74 Å². The van der Waals surface area contributed by atoms with E-state index in [1.54, 1.807) is 0 Å². The number of aromatic nitrogens is 1. The number of thioether (sulfide) groups is 1. The first kappa shape index (κ1) is 24.5.